The zero-order valence-electron chi connectivity index (χ0n) is 15.3. The van der Waals surface area contributed by atoms with Crippen molar-refractivity contribution in [2.45, 2.75) is 18.0 Å². The summed E-state index contributed by atoms with van der Waals surface area (Å²) in [6.07, 6.45) is 0. The Balaban J connectivity index is 1.60. The predicted molar refractivity (Wildman–Crippen MR) is 112 cm³/mol. The van der Waals surface area contributed by atoms with Crippen molar-refractivity contribution in [1.29, 1.82) is 0 Å². The van der Waals surface area contributed by atoms with Gasteiger partial charge in [0.25, 0.3) is 0 Å². The van der Waals surface area contributed by atoms with Crippen molar-refractivity contribution in [3.8, 4) is 0 Å². The zero-order valence-corrected chi connectivity index (χ0v) is 16.1. The van der Waals surface area contributed by atoms with Gasteiger partial charge in [-0.3, -0.25) is 0 Å². The van der Waals surface area contributed by atoms with E-state index in [0.717, 1.165) is 16.6 Å². The fourth-order valence-corrected chi connectivity index (χ4v) is 4.40. The number of fused-ring (bicyclic) bond motifs is 1. The van der Waals surface area contributed by atoms with E-state index in [2.05, 4.69) is 10.3 Å². The highest BCUT2D eigenvalue weighted by atomic mass is 32.2. The van der Waals surface area contributed by atoms with Gasteiger partial charge in [0.1, 0.15) is 0 Å². The van der Waals surface area contributed by atoms with E-state index in [1.54, 1.807) is 24.3 Å². The molecule has 1 N–H and O–H groups in total. The summed E-state index contributed by atoms with van der Waals surface area (Å²) in [6, 6.07) is 26.4. The molecule has 0 bridgehead atoms. The maximum Gasteiger partial charge on any atom is 0.204 e. The van der Waals surface area contributed by atoms with Gasteiger partial charge in [-0.15, -0.1) is 0 Å². The van der Waals surface area contributed by atoms with Gasteiger partial charge < -0.3 is 9.88 Å². The van der Waals surface area contributed by atoms with Crippen molar-refractivity contribution >= 4 is 26.8 Å². The standard InChI is InChI=1S/C22H21N3O2S/c26-28(27,19-11-5-2-6-12-19)16-15-25-21-14-8-7-13-20(21)24-22(25)23-17-18-9-3-1-4-10-18/h1-14H,15-17H2,(H,23,24). The largest absolute Gasteiger partial charge is 0.352 e. The third-order valence-electron chi connectivity index (χ3n) is 4.63. The average Bonchev–Trinajstić information content (AvgIpc) is 3.10. The molecule has 0 radical (unpaired) electrons. The first-order chi connectivity index (χ1) is 13.6. The van der Waals surface area contributed by atoms with Gasteiger partial charge >= 0.3 is 0 Å². The smallest absolute Gasteiger partial charge is 0.204 e. The van der Waals surface area contributed by atoms with Crippen molar-refractivity contribution in [3.05, 3.63) is 90.5 Å². The van der Waals surface area contributed by atoms with Crippen LogP contribution in [0.25, 0.3) is 11.0 Å². The number of hydrogen-bond acceptors (Lipinski definition) is 4. The third-order valence-corrected chi connectivity index (χ3v) is 6.34. The lowest BCUT2D eigenvalue weighted by Gasteiger charge is -2.11. The molecule has 4 aromatic rings. The number of hydrogen-bond donors (Lipinski definition) is 1. The van der Waals surface area contributed by atoms with Crippen molar-refractivity contribution in [1.82, 2.24) is 9.55 Å². The molecule has 0 atom stereocenters. The van der Waals surface area contributed by atoms with Crippen LogP contribution < -0.4 is 5.32 Å². The molecule has 0 aliphatic heterocycles. The molecule has 3 aromatic carbocycles. The summed E-state index contributed by atoms with van der Waals surface area (Å²) >= 11 is 0. The summed E-state index contributed by atoms with van der Waals surface area (Å²) in [5.74, 6) is 0.686. The molecule has 0 saturated carbocycles. The van der Waals surface area contributed by atoms with Crippen molar-refractivity contribution in [2.24, 2.45) is 0 Å². The second kappa shape index (κ2) is 7.86. The predicted octanol–water partition coefficient (Wildman–Crippen LogP) is 4.12. The second-order valence-corrected chi connectivity index (χ2v) is 8.66. The first-order valence-electron chi connectivity index (χ1n) is 9.14. The van der Waals surface area contributed by atoms with Crippen LogP contribution in [0, 0.1) is 0 Å². The van der Waals surface area contributed by atoms with Gasteiger partial charge in [0, 0.05) is 13.1 Å². The summed E-state index contributed by atoms with van der Waals surface area (Å²) < 4.78 is 27.3. The van der Waals surface area contributed by atoms with E-state index in [-0.39, 0.29) is 5.75 Å². The molecule has 0 amide bonds. The van der Waals surface area contributed by atoms with Gasteiger partial charge in [-0.2, -0.15) is 0 Å². The van der Waals surface area contributed by atoms with E-state index in [0.29, 0.717) is 23.9 Å². The Kier molecular flexibility index (Phi) is 5.12. The minimum absolute atomic E-state index is 0.0113. The van der Waals surface area contributed by atoms with Crippen molar-refractivity contribution < 1.29 is 8.42 Å². The van der Waals surface area contributed by atoms with Crippen LogP contribution in [0.15, 0.2) is 89.8 Å². The fourth-order valence-electron chi connectivity index (χ4n) is 3.17. The summed E-state index contributed by atoms with van der Waals surface area (Å²) in [6.45, 7) is 0.949. The summed E-state index contributed by atoms with van der Waals surface area (Å²) in [5.41, 5.74) is 2.90. The normalized spacial score (nSPS) is 11.6. The summed E-state index contributed by atoms with van der Waals surface area (Å²) in [4.78, 5) is 5.00. The van der Waals surface area contributed by atoms with E-state index >= 15 is 0 Å². The van der Waals surface area contributed by atoms with Crippen LogP contribution in [0.4, 0.5) is 5.95 Å². The van der Waals surface area contributed by atoms with Gasteiger partial charge in [0.05, 0.1) is 21.7 Å². The van der Waals surface area contributed by atoms with Gasteiger partial charge in [-0.1, -0.05) is 60.7 Å². The average molecular weight is 391 g/mol. The second-order valence-electron chi connectivity index (χ2n) is 6.55. The quantitative estimate of drug-likeness (QED) is 0.515. The highest BCUT2D eigenvalue weighted by Gasteiger charge is 2.17. The first-order valence-corrected chi connectivity index (χ1v) is 10.8. The van der Waals surface area contributed by atoms with E-state index in [1.165, 1.54) is 0 Å². The fraction of sp³-hybridized carbons (Fsp3) is 0.136. The molecule has 142 valence electrons. The molecule has 0 aliphatic carbocycles. The number of anilines is 1. The van der Waals surface area contributed by atoms with Crippen LogP contribution in [-0.4, -0.2) is 23.7 Å². The molecule has 1 heterocycles. The van der Waals surface area contributed by atoms with Gasteiger partial charge in [-0.25, -0.2) is 13.4 Å². The number of aromatic nitrogens is 2. The number of imidazole rings is 1. The SMILES string of the molecule is O=S(=O)(CCn1c(NCc2ccccc2)nc2ccccc21)c1ccccc1. The highest BCUT2D eigenvalue weighted by Crippen LogP contribution is 2.21. The molecular weight excluding hydrogens is 370 g/mol. The molecule has 6 heteroatoms. The molecule has 0 fully saturated rings. The van der Waals surface area contributed by atoms with Crippen LogP contribution in [0.2, 0.25) is 0 Å². The van der Waals surface area contributed by atoms with Crippen LogP contribution in [0.3, 0.4) is 0 Å². The zero-order chi connectivity index (χ0) is 19.4. The summed E-state index contributed by atoms with van der Waals surface area (Å²) in [5, 5.41) is 3.35. The van der Waals surface area contributed by atoms with Crippen LogP contribution in [-0.2, 0) is 22.9 Å². The minimum Gasteiger partial charge on any atom is -0.352 e. The van der Waals surface area contributed by atoms with Crippen LogP contribution in [0.5, 0.6) is 0 Å². The molecule has 0 spiro atoms. The number of nitrogens with one attached hydrogen (secondary N) is 1. The van der Waals surface area contributed by atoms with Gasteiger partial charge in [0.15, 0.2) is 9.84 Å². The maximum atomic E-state index is 12.7. The minimum atomic E-state index is -3.37. The Labute approximate surface area is 164 Å². The lowest BCUT2D eigenvalue weighted by Crippen LogP contribution is -2.15. The van der Waals surface area contributed by atoms with Crippen LogP contribution in [0.1, 0.15) is 5.56 Å². The number of nitrogens with zero attached hydrogens (tertiary/aromatic N) is 2. The number of benzene rings is 3. The highest BCUT2D eigenvalue weighted by molar-refractivity contribution is 7.91. The number of para-hydroxylation sites is 2. The Morgan fingerprint density at radius 1 is 0.821 bits per heavy atom. The molecule has 28 heavy (non-hydrogen) atoms. The molecule has 5 nitrogen and oxygen atoms in total. The number of aryl methyl sites for hydroxylation is 1. The third kappa shape index (κ3) is 3.92. The molecular formula is C22H21N3O2S. The van der Waals surface area contributed by atoms with Gasteiger partial charge in [-0.05, 0) is 29.8 Å². The molecule has 0 saturated heterocycles. The molecule has 1 aromatic heterocycles. The summed E-state index contributed by atoms with van der Waals surface area (Å²) in [7, 11) is -3.37. The number of sulfone groups is 1. The van der Waals surface area contributed by atoms with Crippen molar-refractivity contribution in [3.63, 3.8) is 0 Å². The topological polar surface area (TPSA) is 64.0 Å². The Bertz CT molecular complexity index is 1170. The van der Waals surface area contributed by atoms with Crippen LogP contribution >= 0.6 is 0 Å². The Morgan fingerprint density at radius 3 is 2.21 bits per heavy atom. The van der Waals surface area contributed by atoms with E-state index in [1.807, 2.05) is 65.2 Å². The van der Waals surface area contributed by atoms with Crippen molar-refractivity contribution in [2.75, 3.05) is 11.1 Å². The molecule has 4 rings (SSSR count). The first kappa shape index (κ1) is 18.3. The lowest BCUT2D eigenvalue weighted by molar-refractivity contribution is 0.590. The molecule has 0 aliphatic rings. The van der Waals surface area contributed by atoms with E-state index < -0.39 is 9.84 Å². The van der Waals surface area contributed by atoms with E-state index in [9.17, 15) is 8.42 Å². The lowest BCUT2D eigenvalue weighted by atomic mass is 10.2. The molecule has 0 unspecified atom stereocenters. The van der Waals surface area contributed by atoms with Gasteiger partial charge in [0.2, 0.25) is 5.95 Å². The van der Waals surface area contributed by atoms with E-state index in [4.69, 9.17) is 0 Å². The Hall–Kier alpha value is -3.12. The monoisotopic (exact) mass is 391 g/mol. The maximum absolute atomic E-state index is 12.7. The number of rotatable bonds is 7. The Morgan fingerprint density at radius 2 is 1.46 bits per heavy atom.